The third kappa shape index (κ3) is 4.75. The highest BCUT2D eigenvalue weighted by molar-refractivity contribution is 7.26. The van der Waals surface area contributed by atoms with Gasteiger partial charge in [-0.3, -0.25) is 0 Å². The van der Waals surface area contributed by atoms with Crippen molar-refractivity contribution in [2.45, 2.75) is 0 Å². The first-order chi connectivity index (χ1) is 24.3. The molecule has 0 saturated carbocycles. The molecule has 0 bridgehead atoms. The van der Waals surface area contributed by atoms with Gasteiger partial charge in [-0.2, -0.15) is 0 Å². The molecule has 0 unspecified atom stereocenters. The highest BCUT2D eigenvalue weighted by atomic mass is 32.1. The van der Waals surface area contributed by atoms with Crippen LogP contribution in [0.1, 0.15) is 5.56 Å². The van der Waals surface area contributed by atoms with Gasteiger partial charge in [-0.25, -0.2) is 0 Å². The Hall–Kier alpha value is -5.68. The van der Waals surface area contributed by atoms with E-state index in [9.17, 15) is 0 Å². The highest BCUT2D eigenvalue weighted by Gasteiger charge is 2.26. The fraction of sp³-hybridized carbons (Fsp3) is 0.0222. The minimum atomic E-state index is 0.777. The molecule has 0 fully saturated rings. The molecule has 9 aromatic rings. The number of anilines is 3. The largest absolute Gasteiger partial charge is 0.373 e. The van der Waals surface area contributed by atoms with Crippen molar-refractivity contribution < 1.29 is 0 Å². The molecule has 2 nitrogen and oxygen atoms in total. The summed E-state index contributed by atoms with van der Waals surface area (Å²) >= 11 is 3.73. The standard InChI is InChI=1S/C45H30N2S2/c1-2-9-29(10-3-1)30-17-21-34(22-18-30)47(40-25-26-46-45-43(40)39-27-32-11-4-5-12-33(32)28-42(39)49-45)35-23-19-31(20-24-35)36-14-8-15-38-37-13-6-7-16-41(37)48-44(36)38/h1-25,27-28,46H,26H2. The van der Waals surface area contributed by atoms with Crippen molar-refractivity contribution in [2.75, 3.05) is 16.8 Å². The van der Waals surface area contributed by atoms with Crippen molar-refractivity contribution in [3.8, 4) is 22.3 Å². The topological polar surface area (TPSA) is 15.3 Å². The van der Waals surface area contributed by atoms with Gasteiger partial charge in [-0.1, -0.05) is 115 Å². The predicted octanol–water partition coefficient (Wildman–Crippen LogP) is 13.4. The lowest BCUT2D eigenvalue weighted by Gasteiger charge is -2.31. The van der Waals surface area contributed by atoms with E-state index < -0.39 is 0 Å². The molecule has 1 aliphatic heterocycles. The van der Waals surface area contributed by atoms with Gasteiger partial charge in [-0.15, -0.1) is 22.7 Å². The Bertz CT molecular complexity index is 2700. The molecule has 1 aliphatic rings. The van der Waals surface area contributed by atoms with Crippen LogP contribution in [-0.2, 0) is 0 Å². The number of fused-ring (bicyclic) bond motifs is 7. The lowest BCUT2D eigenvalue weighted by Crippen LogP contribution is -2.20. The van der Waals surface area contributed by atoms with Gasteiger partial charge in [0.15, 0.2) is 0 Å². The first kappa shape index (κ1) is 28.3. The molecular weight excluding hydrogens is 633 g/mol. The van der Waals surface area contributed by atoms with Crippen LogP contribution in [-0.4, -0.2) is 6.54 Å². The number of rotatable bonds is 5. The number of nitrogens with zero attached hydrogens (tertiary/aromatic N) is 1. The fourth-order valence-corrected chi connectivity index (χ4v) is 9.72. The monoisotopic (exact) mass is 662 g/mol. The number of nitrogens with one attached hydrogen (secondary N) is 1. The predicted molar refractivity (Wildman–Crippen MR) is 215 cm³/mol. The number of hydrogen-bond donors (Lipinski definition) is 1. The molecule has 232 valence electrons. The molecule has 49 heavy (non-hydrogen) atoms. The summed E-state index contributed by atoms with van der Waals surface area (Å²) < 4.78 is 3.97. The van der Waals surface area contributed by atoms with E-state index in [1.165, 1.54) is 79.5 Å². The summed E-state index contributed by atoms with van der Waals surface area (Å²) in [5.41, 5.74) is 9.70. The molecule has 0 radical (unpaired) electrons. The number of thiophene rings is 2. The second kappa shape index (κ2) is 11.5. The number of hydrogen-bond acceptors (Lipinski definition) is 4. The summed E-state index contributed by atoms with van der Waals surface area (Å²) in [6.45, 7) is 0.777. The van der Waals surface area contributed by atoms with E-state index in [0.717, 1.165) is 17.9 Å². The van der Waals surface area contributed by atoms with Gasteiger partial charge in [0.05, 0.1) is 10.7 Å². The molecule has 0 saturated heterocycles. The molecule has 0 aliphatic carbocycles. The van der Waals surface area contributed by atoms with Crippen LogP contribution in [0.25, 0.3) is 69.0 Å². The second-order valence-corrected chi connectivity index (χ2v) is 14.7. The van der Waals surface area contributed by atoms with Crippen LogP contribution in [0, 0.1) is 0 Å². The Balaban J connectivity index is 1.12. The summed E-state index contributed by atoms with van der Waals surface area (Å²) in [7, 11) is 0. The summed E-state index contributed by atoms with van der Waals surface area (Å²) in [6.07, 6.45) is 2.35. The van der Waals surface area contributed by atoms with E-state index in [-0.39, 0.29) is 0 Å². The zero-order chi connectivity index (χ0) is 32.3. The van der Waals surface area contributed by atoms with E-state index in [2.05, 4.69) is 174 Å². The smallest absolute Gasteiger partial charge is 0.0992 e. The Morgan fingerprint density at radius 1 is 0.490 bits per heavy atom. The molecule has 7 aromatic carbocycles. The minimum absolute atomic E-state index is 0.777. The van der Waals surface area contributed by atoms with Gasteiger partial charge in [0.1, 0.15) is 0 Å². The Kier molecular flexibility index (Phi) is 6.64. The molecule has 4 heteroatoms. The van der Waals surface area contributed by atoms with Gasteiger partial charge in [0.25, 0.3) is 0 Å². The van der Waals surface area contributed by atoms with Crippen LogP contribution in [0.5, 0.6) is 0 Å². The molecule has 0 atom stereocenters. The van der Waals surface area contributed by atoms with Crippen molar-refractivity contribution in [2.24, 2.45) is 0 Å². The van der Waals surface area contributed by atoms with Crippen molar-refractivity contribution in [1.29, 1.82) is 0 Å². The fourth-order valence-electron chi connectivity index (χ4n) is 7.33. The van der Waals surface area contributed by atoms with Gasteiger partial charge in [0, 0.05) is 53.7 Å². The minimum Gasteiger partial charge on any atom is -0.373 e. The molecule has 0 amide bonds. The molecule has 2 aromatic heterocycles. The summed E-state index contributed by atoms with van der Waals surface area (Å²) in [5.74, 6) is 0. The first-order valence-electron chi connectivity index (χ1n) is 16.6. The van der Waals surface area contributed by atoms with Crippen LogP contribution in [0.2, 0.25) is 0 Å². The van der Waals surface area contributed by atoms with Gasteiger partial charge < -0.3 is 10.2 Å². The highest BCUT2D eigenvalue weighted by Crippen LogP contribution is 2.48. The summed E-state index contributed by atoms with van der Waals surface area (Å²) in [5, 5.41) is 11.4. The van der Waals surface area contributed by atoms with Crippen molar-refractivity contribution in [3.05, 3.63) is 169 Å². The van der Waals surface area contributed by atoms with Crippen molar-refractivity contribution in [3.63, 3.8) is 0 Å². The molecule has 10 rings (SSSR count). The molecule has 3 heterocycles. The first-order valence-corrected chi connectivity index (χ1v) is 18.3. The van der Waals surface area contributed by atoms with Gasteiger partial charge in [-0.05, 0) is 81.6 Å². The van der Waals surface area contributed by atoms with Crippen molar-refractivity contribution in [1.82, 2.24) is 0 Å². The Labute approximate surface area is 292 Å². The molecule has 0 spiro atoms. The third-order valence-electron chi connectivity index (χ3n) is 9.68. The van der Waals surface area contributed by atoms with Gasteiger partial charge in [0.2, 0.25) is 0 Å². The molecule has 1 N–H and O–H groups in total. The van der Waals surface area contributed by atoms with Gasteiger partial charge >= 0.3 is 0 Å². The van der Waals surface area contributed by atoms with Crippen LogP contribution in [0.15, 0.2) is 164 Å². The zero-order valence-electron chi connectivity index (χ0n) is 26.6. The van der Waals surface area contributed by atoms with E-state index in [4.69, 9.17) is 0 Å². The van der Waals surface area contributed by atoms with E-state index >= 15 is 0 Å². The molecular formula is C45H30N2S2. The SMILES string of the molecule is C1=C(N(c2ccc(-c3ccccc3)cc2)c2ccc(-c3cccc4c3sc3ccccc34)cc2)c2c(sc3cc4ccccc4cc23)NC1. The third-order valence-corrected chi connectivity index (χ3v) is 12.0. The summed E-state index contributed by atoms with van der Waals surface area (Å²) in [4.78, 5) is 2.44. The quantitative estimate of drug-likeness (QED) is 0.197. The average molecular weight is 663 g/mol. The van der Waals surface area contributed by atoms with E-state index in [0.29, 0.717) is 0 Å². The van der Waals surface area contributed by atoms with Crippen LogP contribution in [0.4, 0.5) is 16.4 Å². The summed E-state index contributed by atoms with van der Waals surface area (Å²) in [6, 6.07) is 57.6. The van der Waals surface area contributed by atoms with Crippen molar-refractivity contribution >= 4 is 85.8 Å². The lowest BCUT2D eigenvalue weighted by atomic mass is 9.99. The Morgan fingerprint density at radius 3 is 1.94 bits per heavy atom. The zero-order valence-corrected chi connectivity index (χ0v) is 28.2. The van der Waals surface area contributed by atoms with E-state index in [1.807, 2.05) is 22.7 Å². The van der Waals surface area contributed by atoms with Crippen LogP contribution < -0.4 is 10.2 Å². The van der Waals surface area contributed by atoms with Crippen LogP contribution >= 0.6 is 22.7 Å². The number of benzene rings is 7. The lowest BCUT2D eigenvalue weighted by molar-refractivity contribution is 1.24. The maximum absolute atomic E-state index is 3.70. The second-order valence-electron chi connectivity index (χ2n) is 12.5. The normalized spacial score (nSPS) is 12.7. The Morgan fingerprint density at radius 2 is 1.14 bits per heavy atom. The maximum atomic E-state index is 3.70. The maximum Gasteiger partial charge on any atom is 0.0992 e. The average Bonchev–Trinajstić information content (AvgIpc) is 3.73. The van der Waals surface area contributed by atoms with Crippen LogP contribution in [0.3, 0.4) is 0 Å². The van der Waals surface area contributed by atoms with E-state index in [1.54, 1.807) is 0 Å².